The Morgan fingerprint density at radius 3 is 2.27 bits per heavy atom. The molecule has 0 saturated carbocycles. The molecule has 2 N–H and O–H groups in total. The molecule has 0 heterocycles. The molecule has 1 aromatic carbocycles. The number of hydrogen-bond donors (Lipinski definition) is 1. The summed E-state index contributed by atoms with van der Waals surface area (Å²) in [7, 11) is 0. The van der Waals surface area contributed by atoms with Gasteiger partial charge in [0.1, 0.15) is 0 Å². The summed E-state index contributed by atoms with van der Waals surface area (Å²) < 4.78 is 0. The first-order valence-corrected chi connectivity index (χ1v) is 9.24. The lowest BCUT2D eigenvalue weighted by Gasteiger charge is -2.22. The molecule has 1 aliphatic carbocycles. The van der Waals surface area contributed by atoms with E-state index in [4.69, 9.17) is 5.73 Å². The van der Waals surface area contributed by atoms with Crippen LogP contribution in [0.1, 0.15) is 82.8 Å². The minimum absolute atomic E-state index is 0.00644. The van der Waals surface area contributed by atoms with Gasteiger partial charge in [0.15, 0.2) is 0 Å². The predicted octanol–water partition coefficient (Wildman–Crippen LogP) is 5.87. The summed E-state index contributed by atoms with van der Waals surface area (Å²) in [5.41, 5.74) is 10.7. The van der Waals surface area contributed by atoms with Crippen molar-refractivity contribution in [3.8, 4) is 0 Å². The summed E-state index contributed by atoms with van der Waals surface area (Å²) >= 11 is 0. The fourth-order valence-electron chi connectivity index (χ4n) is 3.33. The van der Waals surface area contributed by atoms with Crippen LogP contribution in [-0.4, -0.2) is 5.54 Å². The van der Waals surface area contributed by atoms with Crippen LogP contribution in [0.25, 0.3) is 5.57 Å². The predicted molar refractivity (Wildman–Crippen MR) is 97.9 cm³/mol. The molecule has 0 aliphatic heterocycles. The van der Waals surface area contributed by atoms with Gasteiger partial charge in [-0.2, -0.15) is 0 Å². The zero-order chi connectivity index (χ0) is 15.8. The molecule has 0 bridgehead atoms. The Morgan fingerprint density at radius 1 is 0.955 bits per heavy atom. The second kappa shape index (κ2) is 8.53. The smallest absolute Gasteiger partial charge is 0.0227 e. The van der Waals surface area contributed by atoms with Crippen molar-refractivity contribution in [2.75, 3.05) is 0 Å². The highest BCUT2D eigenvalue weighted by Gasteiger charge is 2.28. The lowest BCUT2D eigenvalue weighted by molar-refractivity contribution is 0.443. The van der Waals surface area contributed by atoms with Gasteiger partial charge in [-0.1, -0.05) is 76.3 Å². The summed E-state index contributed by atoms with van der Waals surface area (Å²) in [6.07, 6.45) is 14.9. The zero-order valence-corrected chi connectivity index (χ0v) is 14.5. The Kier molecular flexibility index (Phi) is 6.70. The van der Waals surface area contributed by atoms with Gasteiger partial charge in [0.2, 0.25) is 0 Å². The first-order valence-electron chi connectivity index (χ1n) is 9.24. The van der Waals surface area contributed by atoms with Crippen LogP contribution in [-0.2, 0) is 6.42 Å². The van der Waals surface area contributed by atoms with E-state index in [1.807, 2.05) is 0 Å². The first kappa shape index (κ1) is 17.3. The highest BCUT2D eigenvalue weighted by Crippen LogP contribution is 2.35. The topological polar surface area (TPSA) is 26.0 Å². The summed E-state index contributed by atoms with van der Waals surface area (Å²) in [5.74, 6) is 0. The highest BCUT2D eigenvalue weighted by atomic mass is 14.7. The van der Waals surface area contributed by atoms with E-state index in [0.717, 1.165) is 19.3 Å². The van der Waals surface area contributed by atoms with Crippen LogP contribution in [0, 0.1) is 0 Å². The number of rotatable bonds is 9. The Morgan fingerprint density at radius 2 is 1.64 bits per heavy atom. The lowest BCUT2D eigenvalue weighted by Crippen LogP contribution is -2.35. The average molecular weight is 300 g/mol. The van der Waals surface area contributed by atoms with Crippen molar-refractivity contribution in [2.45, 2.75) is 83.6 Å². The second-order valence-electron chi connectivity index (χ2n) is 7.04. The standard InChI is InChI=1S/C21H33N/c1-3-5-6-7-8-9-10-18-11-13-19(14-12-18)20-15-16-21(22,4-2)17-20/h11-15H,3-10,16-17,22H2,1-2H3. The van der Waals surface area contributed by atoms with Crippen molar-refractivity contribution in [2.24, 2.45) is 5.73 Å². The van der Waals surface area contributed by atoms with Gasteiger partial charge in [0.25, 0.3) is 0 Å². The van der Waals surface area contributed by atoms with Crippen molar-refractivity contribution < 1.29 is 0 Å². The van der Waals surface area contributed by atoms with E-state index in [9.17, 15) is 0 Å². The molecule has 0 amide bonds. The van der Waals surface area contributed by atoms with Gasteiger partial charge in [-0.15, -0.1) is 0 Å². The molecule has 0 spiro atoms. The van der Waals surface area contributed by atoms with Crippen LogP contribution in [0.5, 0.6) is 0 Å². The van der Waals surface area contributed by atoms with E-state index in [1.54, 1.807) is 0 Å². The number of unbranched alkanes of at least 4 members (excludes halogenated alkanes) is 5. The van der Waals surface area contributed by atoms with E-state index in [2.05, 4.69) is 44.2 Å². The van der Waals surface area contributed by atoms with Crippen molar-refractivity contribution in [3.63, 3.8) is 0 Å². The summed E-state index contributed by atoms with van der Waals surface area (Å²) in [5, 5.41) is 0. The van der Waals surface area contributed by atoms with Gasteiger partial charge in [0, 0.05) is 5.54 Å². The molecule has 0 fully saturated rings. The third-order valence-corrected chi connectivity index (χ3v) is 5.15. The van der Waals surface area contributed by atoms with E-state index < -0.39 is 0 Å². The normalized spacial score (nSPS) is 21.1. The maximum Gasteiger partial charge on any atom is 0.0227 e. The van der Waals surface area contributed by atoms with Gasteiger partial charge in [0.05, 0.1) is 0 Å². The molecule has 1 unspecified atom stereocenters. The maximum absolute atomic E-state index is 6.38. The Hall–Kier alpha value is -1.08. The van der Waals surface area contributed by atoms with E-state index >= 15 is 0 Å². The van der Waals surface area contributed by atoms with Crippen LogP contribution >= 0.6 is 0 Å². The molecular weight excluding hydrogens is 266 g/mol. The fraction of sp³-hybridized carbons (Fsp3) is 0.619. The maximum atomic E-state index is 6.38. The third-order valence-electron chi connectivity index (χ3n) is 5.15. The van der Waals surface area contributed by atoms with Gasteiger partial charge < -0.3 is 5.73 Å². The van der Waals surface area contributed by atoms with Crippen LogP contribution < -0.4 is 5.73 Å². The highest BCUT2D eigenvalue weighted by molar-refractivity contribution is 5.69. The van der Waals surface area contributed by atoms with Crippen molar-refractivity contribution >= 4 is 5.57 Å². The minimum Gasteiger partial charge on any atom is -0.325 e. The van der Waals surface area contributed by atoms with Crippen molar-refractivity contribution in [1.82, 2.24) is 0 Å². The van der Waals surface area contributed by atoms with Crippen LogP contribution in [0.15, 0.2) is 30.3 Å². The van der Waals surface area contributed by atoms with E-state index in [-0.39, 0.29) is 5.54 Å². The van der Waals surface area contributed by atoms with Crippen molar-refractivity contribution in [3.05, 3.63) is 41.5 Å². The van der Waals surface area contributed by atoms with Gasteiger partial charge in [-0.05, 0) is 48.8 Å². The molecule has 122 valence electrons. The summed E-state index contributed by atoms with van der Waals surface area (Å²) in [6.45, 7) is 4.47. The van der Waals surface area contributed by atoms with E-state index in [0.29, 0.717) is 0 Å². The third kappa shape index (κ3) is 4.98. The zero-order valence-electron chi connectivity index (χ0n) is 14.5. The minimum atomic E-state index is 0.00644. The number of benzene rings is 1. The lowest BCUT2D eigenvalue weighted by atomic mass is 9.91. The summed E-state index contributed by atoms with van der Waals surface area (Å²) in [6, 6.07) is 9.20. The molecular formula is C21H33N. The molecule has 0 radical (unpaired) electrons. The van der Waals surface area contributed by atoms with Crippen LogP contribution in [0.2, 0.25) is 0 Å². The Bertz CT molecular complexity index is 471. The van der Waals surface area contributed by atoms with Crippen LogP contribution in [0.4, 0.5) is 0 Å². The molecule has 1 aromatic rings. The monoisotopic (exact) mass is 299 g/mol. The average Bonchev–Trinajstić information content (AvgIpc) is 2.94. The molecule has 1 heteroatoms. The van der Waals surface area contributed by atoms with Gasteiger partial charge in [-0.3, -0.25) is 0 Å². The molecule has 1 nitrogen and oxygen atoms in total. The second-order valence-corrected chi connectivity index (χ2v) is 7.04. The largest absolute Gasteiger partial charge is 0.325 e. The Balaban J connectivity index is 1.76. The molecule has 0 aromatic heterocycles. The van der Waals surface area contributed by atoms with Gasteiger partial charge in [-0.25, -0.2) is 0 Å². The number of nitrogens with two attached hydrogens (primary N) is 1. The number of aryl methyl sites for hydroxylation is 1. The van der Waals surface area contributed by atoms with Crippen LogP contribution in [0.3, 0.4) is 0 Å². The molecule has 1 atom stereocenters. The molecule has 2 rings (SSSR count). The first-order chi connectivity index (χ1) is 10.7. The molecule has 1 aliphatic rings. The Labute approximate surface area is 137 Å². The van der Waals surface area contributed by atoms with Crippen molar-refractivity contribution in [1.29, 1.82) is 0 Å². The molecule has 22 heavy (non-hydrogen) atoms. The SMILES string of the molecule is CCCCCCCCc1ccc(C2=CCC(N)(CC)C2)cc1. The summed E-state index contributed by atoms with van der Waals surface area (Å²) in [4.78, 5) is 0. The molecule has 0 saturated heterocycles. The van der Waals surface area contributed by atoms with Gasteiger partial charge >= 0.3 is 0 Å². The quantitative estimate of drug-likeness (QED) is 0.567. The fourth-order valence-corrected chi connectivity index (χ4v) is 3.33. The van der Waals surface area contributed by atoms with E-state index in [1.165, 1.54) is 61.6 Å². The number of hydrogen-bond acceptors (Lipinski definition) is 1.